The summed E-state index contributed by atoms with van der Waals surface area (Å²) >= 11 is 1.77. The van der Waals surface area contributed by atoms with E-state index in [9.17, 15) is 4.39 Å². The zero-order chi connectivity index (χ0) is 13.9. The smallest absolute Gasteiger partial charge is 0.123 e. The minimum Gasteiger partial charge on any atom is -0.313 e. The van der Waals surface area contributed by atoms with E-state index in [-0.39, 0.29) is 11.9 Å². The Morgan fingerprint density at radius 2 is 1.85 bits per heavy atom. The van der Waals surface area contributed by atoms with Crippen LogP contribution in [0.4, 0.5) is 4.39 Å². The van der Waals surface area contributed by atoms with Crippen LogP contribution in [0.1, 0.15) is 17.2 Å². The van der Waals surface area contributed by atoms with E-state index >= 15 is 0 Å². The molecule has 0 amide bonds. The number of hydrogen-bond donors (Lipinski definition) is 1. The number of rotatable bonds is 4. The van der Waals surface area contributed by atoms with Gasteiger partial charge in [0.05, 0.1) is 0 Å². The summed E-state index contributed by atoms with van der Waals surface area (Å²) in [5.41, 5.74) is 2.46. The highest BCUT2D eigenvalue weighted by Crippen LogP contribution is 2.31. The first-order chi connectivity index (χ1) is 9.78. The predicted octanol–water partition coefficient (Wildman–Crippen LogP) is 4.54. The normalized spacial score (nSPS) is 12.7. The molecular weight excluding hydrogens is 269 g/mol. The van der Waals surface area contributed by atoms with Crippen LogP contribution in [0.3, 0.4) is 0 Å². The van der Waals surface area contributed by atoms with Gasteiger partial charge in [0.25, 0.3) is 0 Å². The first-order valence-corrected chi connectivity index (χ1v) is 7.54. The van der Waals surface area contributed by atoms with Gasteiger partial charge >= 0.3 is 0 Å². The Labute approximate surface area is 122 Å². The average Bonchev–Trinajstić information content (AvgIpc) is 2.91. The van der Waals surface area contributed by atoms with Gasteiger partial charge in [0, 0.05) is 10.7 Å². The molecule has 0 aliphatic heterocycles. The number of thiophene rings is 1. The van der Waals surface area contributed by atoms with E-state index in [2.05, 4.69) is 35.0 Å². The van der Waals surface area contributed by atoms with Crippen LogP contribution < -0.4 is 5.32 Å². The number of likely N-dealkylation sites (N-methyl/N-ethyl adjacent to an activating group) is 1. The first-order valence-electron chi connectivity index (χ1n) is 6.66. The van der Waals surface area contributed by atoms with E-state index in [0.717, 1.165) is 12.0 Å². The average molecular weight is 285 g/mol. The molecule has 0 saturated heterocycles. The van der Waals surface area contributed by atoms with Crippen molar-refractivity contribution in [3.05, 3.63) is 70.9 Å². The molecule has 20 heavy (non-hydrogen) atoms. The van der Waals surface area contributed by atoms with Gasteiger partial charge in [-0.1, -0.05) is 30.3 Å². The topological polar surface area (TPSA) is 12.0 Å². The van der Waals surface area contributed by atoms with Crippen molar-refractivity contribution < 1.29 is 4.39 Å². The van der Waals surface area contributed by atoms with Crippen molar-refractivity contribution in [3.63, 3.8) is 0 Å². The van der Waals surface area contributed by atoms with Crippen molar-refractivity contribution >= 4 is 21.4 Å². The summed E-state index contributed by atoms with van der Waals surface area (Å²) in [6, 6.07) is 15.4. The van der Waals surface area contributed by atoms with Crippen molar-refractivity contribution in [2.45, 2.75) is 12.5 Å². The minimum atomic E-state index is -0.184. The van der Waals surface area contributed by atoms with Crippen molar-refractivity contribution in [3.8, 4) is 0 Å². The van der Waals surface area contributed by atoms with E-state index in [0.29, 0.717) is 0 Å². The van der Waals surface area contributed by atoms with Gasteiger partial charge in [0.2, 0.25) is 0 Å². The lowest BCUT2D eigenvalue weighted by Crippen LogP contribution is -2.18. The number of nitrogens with one attached hydrogen (secondary N) is 1. The molecule has 0 radical (unpaired) electrons. The highest BCUT2D eigenvalue weighted by molar-refractivity contribution is 7.17. The van der Waals surface area contributed by atoms with E-state index in [1.165, 1.54) is 27.8 Å². The van der Waals surface area contributed by atoms with Gasteiger partial charge in [-0.2, -0.15) is 0 Å². The van der Waals surface area contributed by atoms with Crippen LogP contribution in [0.2, 0.25) is 0 Å². The Morgan fingerprint density at radius 3 is 2.60 bits per heavy atom. The second-order valence-electron chi connectivity index (χ2n) is 4.86. The maximum atomic E-state index is 13.0. The standard InChI is InChI=1S/C17H16FNS/c1-19-16(10-12-6-8-13(18)9-7-12)15-11-20-17-5-3-2-4-14(15)17/h2-9,11,16,19H,10H2,1H3. The quantitative estimate of drug-likeness (QED) is 0.742. The zero-order valence-corrected chi connectivity index (χ0v) is 12.1. The Bertz CT molecular complexity index is 702. The number of fused-ring (bicyclic) bond motifs is 1. The highest BCUT2D eigenvalue weighted by Gasteiger charge is 2.14. The fourth-order valence-electron chi connectivity index (χ4n) is 2.49. The molecule has 1 heterocycles. The molecule has 0 saturated carbocycles. The lowest BCUT2D eigenvalue weighted by molar-refractivity contribution is 0.594. The van der Waals surface area contributed by atoms with Crippen LogP contribution in [0.15, 0.2) is 53.9 Å². The molecule has 3 aromatic rings. The van der Waals surface area contributed by atoms with Gasteiger partial charge in [0.15, 0.2) is 0 Å². The van der Waals surface area contributed by atoms with E-state index in [1.807, 2.05) is 19.2 Å². The van der Waals surface area contributed by atoms with Crippen LogP contribution in [0, 0.1) is 5.82 Å². The van der Waals surface area contributed by atoms with Crippen molar-refractivity contribution in [1.29, 1.82) is 0 Å². The maximum absolute atomic E-state index is 13.0. The molecule has 1 aromatic heterocycles. The second-order valence-corrected chi connectivity index (χ2v) is 5.77. The molecule has 1 nitrogen and oxygen atoms in total. The fourth-order valence-corrected chi connectivity index (χ4v) is 3.51. The summed E-state index contributed by atoms with van der Waals surface area (Å²) in [6.45, 7) is 0. The molecule has 0 spiro atoms. The maximum Gasteiger partial charge on any atom is 0.123 e. The third-order valence-corrected chi connectivity index (χ3v) is 4.57. The SMILES string of the molecule is CNC(Cc1ccc(F)cc1)c1csc2ccccc12. The van der Waals surface area contributed by atoms with E-state index < -0.39 is 0 Å². The lowest BCUT2D eigenvalue weighted by atomic mass is 9.98. The number of hydrogen-bond acceptors (Lipinski definition) is 2. The summed E-state index contributed by atoms with van der Waals surface area (Å²) < 4.78 is 14.3. The Kier molecular flexibility index (Phi) is 3.81. The van der Waals surface area contributed by atoms with E-state index in [4.69, 9.17) is 0 Å². The second kappa shape index (κ2) is 5.73. The monoisotopic (exact) mass is 285 g/mol. The molecule has 0 aliphatic rings. The zero-order valence-electron chi connectivity index (χ0n) is 11.3. The number of halogens is 1. The summed E-state index contributed by atoms with van der Waals surface area (Å²) in [5.74, 6) is -0.184. The molecular formula is C17H16FNS. The third kappa shape index (κ3) is 2.60. The predicted molar refractivity (Wildman–Crippen MR) is 83.7 cm³/mol. The van der Waals surface area contributed by atoms with Gasteiger partial charge < -0.3 is 5.32 Å². The summed E-state index contributed by atoms with van der Waals surface area (Å²) in [5, 5.41) is 6.89. The summed E-state index contributed by atoms with van der Waals surface area (Å²) in [6.07, 6.45) is 0.859. The fraction of sp³-hybridized carbons (Fsp3) is 0.176. The minimum absolute atomic E-state index is 0.184. The molecule has 3 heteroatoms. The lowest BCUT2D eigenvalue weighted by Gasteiger charge is -2.16. The number of benzene rings is 2. The van der Waals surface area contributed by atoms with Gasteiger partial charge in [-0.05, 0) is 53.6 Å². The van der Waals surface area contributed by atoms with Gasteiger partial charge in [-0.25, -0.2) is 4.39 Å². The van der Waals surface area contributed by atoms with Crippen LogP contribution in [-0.2, 0) is 6.42 Å². The first kappa shape index (κ1) is 13.3. The summed E-state index contributed by atoms with van der Waals surface area (Å²) in [4.78, 5) is 0. The summed E-state index contributed by atoms with van der Waals surface area (Å²) in [7, 11) is 1.97. The molecule has 0 fully saturated rings. The Hall–Kier alpha value is -1.71. The van der Waals surface area contributed by atoms with Crippen LogP contribution in [0.5, 0.6) is 0 Å². The molecule has 0 aliphatic carbocycles. The molecule has 3 rings (SSSR count). The molecule has 1 N–H and O–H groups in total. The molecule has 1 atom stereocenters. The van der Waals surface area contributed by atoms with E-state index in [1.54, 1.807) is 11.3 Å². The Morgan fingerprint density at radius 1 is 1.10 bits per heavy atom. The Balaban J connectivity index is 1.91. The van der Waals surface area contributed by atoms with Crippen molar-refractivity contribution in [1.82, 2.24) is 5.32 Å². The van der Waals surface area contributed by atoms with Crippen LogP contribution in [0.25, 0.3) is 10.1 Å². The van der Waals surface area contributed by atoms with Gasteiger partial charge in [0.1, 0.15) is 5.82 Å². The van der Waals surface area contributed by atoms with Crippen LogP contribution >= 0.6 is 11.3 Å². The molecule has 2 aromatic carbocycles. The molecule has 102 valence electrons. The van der Waals surface area contributed by atoms with Gasteiger partial charge in [-0.15, -0.1) is 11.3 Å². The van der Waals surface area contributed by atoms with Crippen molar-refractivity contribution in [2.75, 3.05) is 7.05 Å². The largest absolute Gasteiger partial charge is 0.313 e. The molecule has 0 bridgehead atoms. The third-order valence-electron chi connectivity index (χ3n) is 3.59. The highest BCUT2D eigenvalue weighted by atomic mass is 32.1. The van der Waals surface area contributed by atoms with Crippen LogP contribution in [-0.4, -0.2) is 7.05 Å². The van der Waals surface area contributed by atoms with Crippen molar-refractivity contribution in [2.24, 2.45) is 0 Å². The van der Waals surface area contributed by atoms with Gasteiger partial charge in [-0.3, -0.25) is 0 Å². The molecule has 1 unspecified atom stereocenters.